The van der Waals surface area contributed by atoms with Gasteiger partial charge in [0.15, 0.2) is 11.6 Å². The number of aliphatic imine (C=N–C) groups is 1. The number of hydrogen-bond donors (Lipinski definition) is 2. The number of hydrogen-bond acceptors (Lipinski definition) is 9. The van der Waals surface area contributed by atoms with Crippen LogP contribution in [0.4, 0.5) is 0 Å². The van der Waals surface area contributed by atoms with E-state index in [-0.39, 0.29) is 35.3 Å². The number of benzene rings is 1. The first-order chi connectivity index (χ1) is 19.7. The van der Waals surface area contributed by atoms with Gasteiger partial charge < -0.3 is 10.6 Å². The van der Waals surface area contributed by atoms with Gasteiger partial charge in [-0.3, -0.25) is 24.2 Å². The number of aromatic nitrogens is 1. The predicted molar refractivity (Wildman–Crippen MR) is 146 cm³/mol. The van der Waals surface area contributed by atoms with E-state index in [2.05, 4.69) is 20.6 Å². The van der Waals surface area contributed by atoms with Gasteiger partial charge in [0.25, 0.3) is 21.8 Å². The molecule has 206 valence electrons. The van der Waals surface area contributed by atoms with Crippen LogP contribution in [0.15, 0.2) is 53.5 Å². The zero-order chi connectivity index (χ0) is 30.9. The van der Waals surface area contributed by atoms with Crippen molar-refractivity contribution in [1.29, 1.82) is 0 Å². The number of pyridine rings is 1. The average Bonchev–Trinajstić information content (AvgIpc) is 3.07. The Morgan fingerprint density at radius 2 is 2.00 bits per heavy atom. The summed E-state index contributed by atoms with van der Waals surface area (Å²) in [5.41, 5.74) is 0.433. The number of para-hydroxylation sites is 1. The average molecular weight is 557 g/mol. The quantitative estimate of drug-likeness (QED) is 0.494. The highest BCUT2D eigenvalue weighted by Gasteiger charge is 2.47. The van der Waals surface area contributed by atoms with Crippen LogP contribution in [0.2, 0.25) is 0 Å². The van der Waals surface area contributed by atoms with Crippen LogP contribution in [-0.2, 0) is 24.4 Å². The topological polar surface area (TPSA) is 155 Å². The summed E-state index contributed by atoms with van der Waals surface area (Å²) in [5.74, 6) is -5.10. The number of ketones is 2. The number of dihydropyridines is 1. The molecule has 0 radical (unpaired) electrons. The Morgan fingerprint density at radius 1 is 1.23 bits per heavy atom. The number of nitrogens with one attached hydrogen (secondary N) is 2. The Kier molecular flexibility index (Phi) is 7.44. The molecule has 0 spiro atoms. The maximum atomic E-state index is 14.3. The number of nitrogens with zero attached hydrogens (tertiary/aromatic N) is 3. The number of sulfonamides is 1. The van der Waals surface area contributed by atoms with Crippen molar-refractivity contribution in [2.75, 3.05) is 13.1 Å². The molecule has 2 amide bonds. The smallest absolute Gasteiger partial charge is 0.270 e. The van der Waals surface area contributed by atoms with Crippen LogP contribution in [0.5, 0.6) is 0 Å². The molecule has 12 heteroatoms. The largest absolute Gasteiger partial charge is 0.339 e. The fraction of sp³-hybridized carbons (Fsp3) is 0.407. The second-order valence-corrected chi connectivity index (χ2v) is 11.2. The molecular weight excluding hydrogens is 522 g/mol. The molecule has 11 nitrogen and oxygen atoms in total. The van der Waals surface area contributed by atoms with Crippen LogP contribution in [0.3, 0.4) is 0 Å². The molecule has 39 heavy (non-hydrogen) atoms. The number of allylic oxidation sites excluding steroid dienone is 1. The summed E-state index contributed by atoms with van der Waals surface area (Å²) < 4.78 is 53.8. The molecule has 2 aromatic rings. The fourth-order valence-electron chi connectivity index (χ4n) is 4.24. The van der Waals surface area contributed by atoms with E-state index in [1.165, 1.54) is 6.07 Å². The summed E-state index contributed by atoms with van der Waals surface area (Å²) in [6.45, 7) is 1.74. The monoisotopic (exact) mass is 556 g/mol. The lowest BCUT2D eigenvalue weighted by Crippen LogP contribution is -2.59. The van der Waals surface area contributed by atoms with Crippen molar-refractivity contribution in [1.82, 2.24) is 19.9 Å². The van der Waals surface area contributed by atoms with Crippen molar-refractivity contribution in [3.8, 4) is 0 Å². The molecule has 0 aliphatic carbocycles. The van der Waals surface area contributed by atoms with Gasteiger partial charge in [0, 0.05) is 11.6 Å². The van der Waals surface area contributed by atoms with Crippen molar-refractivity contribution in [3.05, 3.63) is 54.2 Å². The van der Waals surface area contributed by atoms with E-state index in [4.69, 9.17) is 4.11 Å². The van der Waals surface area contributed by atoms with Crippen LogP contribution < -0.4 is 10.6 Å². The third-order valence-electron chi connectivity index (χ3n) is 6.06. The predicted octanol–water partition coefficient (Wildman–Crippen LogP) is 1.39. The van der Waals surface area contributed by atoms with Crippen LogP contribution >= 0.6 is 0 Å². The second-order valence-electron chi connectivity index (χ2n) is 9.47. The van der Waals surface area contributed by atoms with Gasteiger partial charge in [-0.2, -0.15) is 0 Å². The molecule has 0 saturated carbocycles. The lowest BCUT2D eigenvalue weighted by atomic mass is 10.0. The van der Waals surface area contributed by atoms with Crippen LogP contribution in [0.1, 0.15) is 47.7 Å². The van der Waals surface area contributed by atoms with Crippen LogP contribution in [0.25, 0.3) is 10.9 Å². The SMILES string of the molecule is [2H]C1NCCCC([2H])(N(C(=O)C(CC(C)C)NC(=O)c2ccc3ccccc3n2)S(=O)(=O)[C@]2([2H])N=CC=CC2=O)C1=O. The zero-order valence-electron chi connectivity index (χ0n) is 24.5. The normalized spacial score (nSPS) is 27.4. The van der Waals surface area contributed by atoms with E-state index in [0.717, 1.165) is 23.8 Å². The summed E-state index contributed by atoms with van der Waals surface area (Å²) in [6.07, 6.45) is 2.18. The Bertz CT molecular complexity index is 1600. The Labute approximate surface area is 231 Å². The first-order valence-electron chi connectivity index (χ1n) is 14.0. The van der Waals surface area contributed by atoms with Crippen LogP contribution in [0, 0.1) is 5.92 Å². The van der Waals surface area contributed by atoms with Crippen molar-refractivity contribution >= 4 is 50.5 Å². The molecule has 1 fully saturated rings. The molecular formula is C27H31N5O6S. The van der Waals surface area contributed by atoms with Gasteiger partial charge in [-0.25, -0.2) is 17.7 Å². The van der Waals surface area contributed by atoms with Gasteiger partial charge in [-0.15, -0.1) is 0 Å². The fourth-order valence-corrected chi connectivity index (χ4v) is 5.77. The summed E-state index contributed by atoms with van der Waals surface area (Å²) in [4.78, 5) is 61.5. The first kappa shape index (κ1) is 24.3. The minimum atomic E-state index is -5.55. The Hall–Kier alpha value is -3.77. The number of rotatable bonds is 8. The van der Waals surface area contributed by atoms with E-state index in [1.807, 2.05) is 0 Å². The lowest BCUT2D eigenvalue weighted by molar-refractivity contribution is -0.135. The van der Waals surface area contributed by atoms with E-state index >= 15 is 0 Å². The number of amides is 2. The maximum absolute atomic E-state index is 14.3. The third-order valence-corrected chi connectivity index (χ3v) is 7.74. The molecule has 2 aliphatic rings. The highest BCUT2D eigenvalue weighted by Crippen LogP contribution is 2.24. The molecule has 1 aromatic heterocycles. The number of fused-ring (bicyclic) bond motifs is 1. The van der Waals surface area contributed by atoms with E-state index < -0.39 is 63.8 Å². The summed E-state index contributed by atoms with van der Waals surface area (Å²) in [6, 6.07) is 5.59. The number of carbonyl (C=O) groups is 4. The zero-order valence-corrected chi connectivity index (χ0v) is 22.3. The molecule has 3 heterocycles. The Morgan fingerprint density at radius 3 is 2.74 bits per heavy atom. The highest BCUT2D eigenvalue weighted by molar-refractivity contribution is 7.91. The molecule has 4 atom stereocenters. The molecule has 2 N–H and O–H groups in total. The standard InChI is InChI=1S/C27H31N5O6S/c1-17(2)15-21(31-25(35)20-12-11-18-7-3-4-8-19(18)30-20)27(36)32(22-9-5-13-28-16-24(22)34)39(37,38)26-23(33)10-6-14-29-26/h3-4,6-8,10-12,14,17,21-22,26,28H,5,9,13,15-16H2,1-2H3,(H,31,35)/t21?,22?,26-/m0/s1/i16D,22D,26D/t16?,21?,22?,26-. The van der Waals surface area contributed by atoms with Gasteiger partial charge in [0.1, 0.15) is 17.8 Å². The summed E-state index contributed by atoms with van der Waals surface area (Å²) >= 11 is 0. The van der Waals surface area contributed by atoms with Gasteiger partial charge in [0.05, 0.1) is 16.1 Å². The maximum Gasteiger partial charge on any atom is 0.270 e. The second kappa shape index (κ2) is 12.0. The lowest BCUT2D eigenvalue weighted by Gasteiger charge is -2.34. The van der Waals surface area contributed by atoms with Gasteiger partial charge in [-0.05, 0) is 56.0 Å². The molecule has 2 aliphatic heterocycles. The van der Waals surface area contributed by atoms with Crippen LogP contribution in [-0.4, -0.2) is 77.8 Å². The third kappa shape index (κ3) is 6.28. The molecule has 3 unspecified atom stereocenters. The minimum Gasteiger partial charge on any atom is -0.339 e. The molecule has 0 bridgehead atoms. The summed E-state index contributed by atoms with van der Waals surface area (Å²) in [5, 5.41) is 2.50. The molecule has 4 rings (SSSR count). The van der Waals surface area contributed by atoms with Gasteiger partial charge in [-0.1, -0.05) is 38.1 Å². The summed E-state index contributed by atoms with van der Waals surface area (Å²) in [7, 11) is -5.55. The van der Waals surface area contributed by atoms with Gasteiger partial charge >= 0.3 is 0 Å². The van der Waals surface area contributed by atoms with Crippen molar-refractivity contribution in [3.63, 3.8) is 0 Å². The van der Waals surface area contributed by atoms with Gasteiger partial charge in [0.2, 0.25) is 5.35 Å². The number of carbonyl (C=O) groups excluding carboxylic acids is 4. The van der Waals surface area contributed by atoms with Crippen molar-refractivity contribution < 1.29 is 31.7 Å². The molecule has 1 saturated heterocycles. The van der Waals surface area contributed by atoms with E-state index in [9.17, 15) is 27.6 Å². The Balaban J connectivity index is 1.82. The van der Waals surface area contributed by atoms with E-state index in [0.29, 0.717) is 5.52 Å². The minimum absolute atomic E-state index is 0.0221. The molecule has 1 aromatic carbocycles. The van der Waals surface area contributed by atoms with E-state index in [1.54, 1.807) is 44.2 Å². The van der Waals surface area contributed by atoms with Crippen molar-refractivity contribution in [2.45, 2.75) is 50.5 Å². The number of Topliss-reactive ketones (excluding diaryl/α,β-unsaturated/α-hetero) is 1. The van der Waals surface area contributed by atoms with Crippen molar-refractivity contribution in [2.24, 2.45) is 10.9 Å². The first-order valence-corrected chi connectivity index (χ1v) is 13.9. The highest BCUT2D eigenvalue weighted by atomic mass is 32.2.